The Labute approximate surface area is 194 Å². The number of para-hydroxylation sites is 3. The normalized spacial score (nSPS) is 11.0. The number of carbonyl (C=O) groups excluding carboxylic acids is 2. The van der Waals surface area contributed by atoms with Crippen molar-refractivity contribution in [3.05, 3.63) is 87.0 Å². The maximum atomic E-state index is 13.0. The van der Waals surface area contributed by atoms with Crippen LogP contribution in [0.25, 0.3) is 21.8 Å². The van der Waals surface area contributed by atoms with Gasteiger partial charge < -0.3 is 14.8 Å². The molecule has 162 valence electrons. The van der Waals surface area contributed by atoms with E-state index in [4.69, 9.17) is 23.2 Å². The number of halogens is 2. The maximum Gasteiger partial charge on any atom is 0.244 e. The van der Waals surface area contributed by atoms with Gasteiger partial charge in [-0.15, -0.1) is 0 Å². The molecule has 1 aromatic heterocycles. The van der Waals surface area contributed by atoms with Gasteiger partial charge in [0.15, 0.2) is 5.43 Å². The van der Waals surface area contributed by atoms with Gasteiger partial charge in [0.2, 0.25) is 11.8 Å². The molecule has 0 aliphatic carbocycles. The molecule has 0 bridgehead atoms. The molecule has 3 aromatic carbocycles. The number of aromatic nitrogens is 1. The molecule has 4 aromatic rings. The minimum Gasteiger partial charge on any atom is -0.335 e. The van der Waals surface area contributed by atoms with Gasteiger partial charge in [-0.3, -0.25) is 14.4 Å². The maximum absolute atomic E-state index is 13.0. The molecule has 0 saturated heterocycles. The van der Waals surface area contributed by atoms with Crippen LogP contribution in [0.3, 0.4) is 0 Å². The predicted molar refractivity (Wildman–Crippen MR) is 128 cm³/mol. The third kappa shape index (κ3) is 4.20. The Hall–Kier alpha value is -3.35. The number of pyridine rings is 1. The number of hydrogen-bond donors (Lipinski definition) is 1. The summed E-state index contributed by atoms with van der Waals surface area (Å²) in [6.45, 7) is -0.214. The van der Waals surface area contributed by atoms with Crippen LogP contribution in [0.15, 0.2) is 71.5 Å². The van der Waals surface area contributed by atoms with Gasteiger partial charge in [0.25, 0.3) is 0 Å². The lowest BCUT2D eigenvalue weighted by Crippen LogP contribution is -2.37. The summed E-state index contributed by atoms with van der Waals surface area (Å²) in [4.78, 5) is 39.7. The number of hydrogen-bond acceptors (Lipinski definition) is 3. The van der Waals surface area contributed by atoms with Crippen molar-refractivity contribution in [3.8, 4) is 0 Å². The van der Waals surface area contributed by atoms with Crippen molar-refractivity contribution < 1.29 is 9.59 Å². The van der Waals surface area contributed by atoms with E-state index in [1.54, 1.807) is 54.1 Å². The smallest absolute Gasteiger partial charge is 0.244 e. The lowest BCUT2D eigenvalue weighted by atomic mass is 10.1. The summed E-state index contributed by atoms with van der Waals surface area (Å²) in [5.41, 5.74) is 1.54. The number of benzene rings is 3. The van der Waals surface area contributed by atoms with Gasteiger partial charge in [-0.2, -0.15) is 0 Å². The monoisotopic (exact) mass is 467 g/mol. The zero-order valence-electron chi connectivity index (χ0n) is 17.1. The van der Waals surface area contributed by atoms with E-state index in [1.165, 1.54) is 4.90 Å². The molecule has 0 radical (unpaired) electrons. The molecule has 0 saturated carbocycles. The molecule has 0 aliphatic rings. The summed E-state index contributed by atoms with van der Waals surface area (Å²) in [5, 5.41) is 4.34. The van der Waals surface area contributed by atoms with Gasteiger partial charge in [0.1, 0.15) is 6.54 Å². The number of fused-ring (bicyclic) bond motifs is 2. The van der Waals surface area contributed by atoms with Crippen LogP contribution in [0.4, 0.5) is 5.69 Å². The number of anilines is 1. The summed E-state index contributed by atoms with van der Waals surface area (Å²) in [6, 6.07) is 19.2. The first-order valence-corrected chi connectivity index (χ1v) is 10.6. The second-order valence-electron chi connectivity index (χ2n) is 7.34. The van der Waals surface area contributed by atoms with Gasteiger partial charge in [0, 0.05) is 17.8 Å². The fourth-order valence-corrected chi connectivity index (χ4v) is 4.09. The Kier molecular flexibility index (Phi) is 6.17. The van der Waals surface area contributed by atoms with Crippen molar-refractivity contribution >= 4 is 62.5 Å². The molecule has 0 fully saturated rings. The molecular formula is C24H19Cl2N3O3. The van der Waals surface area contributed by atoms with E-state index in [-0.39, 0.29) is 24.4 Å². The minimum atomic E-state index is -0.425. The van der Waals surface area contributed by atoms with Gasteiger partial charge in [-0.05, 0) is 36.4 Å². The molecule has 4 rings (SSSR count). The highest BCUT2D eigenvalue weighted by Gasteiger charge is 2.18. The first-order valence-electron chi connectivity index (χ1n) is 9.85. The van der Waals surface area contributed by atoms with E-state index < -0.39 is 5.91 Å². The molecule has 8 heteroatoms. The summed E-state index contributed by atoms with van der Waals surface area (Å²) in [5.74, 6) is -0.713. The SMILES string of the molecule is CN(CC(=O)Nc1c(Cl)cccc1Cl)C(=O)Cn1c2ccccc2c(=O)c2ccccc21. The number of rotatable bonds is 5. The van der Waals surface area contributed by atoms with Crippen LogP contribution in [0, 0.1) is 0 Å². The standard InChI is InChI=1S/C24H19Cl2N3O3/c1-28(13-21(30)27-23-17(25)9-6-10-18(23)26)22(31)14-29-19-11-4-2-7-15(19)24(32)16-8-3-5-12-20(16)29/h2-12H,13-14H2,1H3,(H,27,30). The lowest BCUT2D eigenvalue weighted by molar-refractivity contribution is -0.133. The van der Waals surface area contributed by atoms with Crippen molar-refractivity contribution in [2.45, 2.75) is 6.54 Å². The Bertz CT molecular complexity index is 1330. The number of amides is 2. The highest BCUT2D eigenvalue weighted by Crippen LogP contribution is 2.29. The molecule has 0 spiro atoms. The average Bonchev–Trinajstić information content (AvgIpc) is 2.79. The fourth-order valence-electron chi connectivity index (χ4n) is 3.60. The summed E-state index contributed by atoms with van der Waals surface area (Å²) < 4.78 is 1.80. The number of nitrogens with zero attached hydrogens (tertiary/aromatic N) is 2. The molecule has 32 heavy (non-hydrogen) atoms. The lowest BCUT2D eigenvalue weighted by Gasteiger charge is -2.20. The van der Waals surface area contributed by atoms with Crippen molar-refractivity contribution in [2.24, 2.45) is 0 Å². The van der Waals surface area contributed by atoms with Gasteiger partial charge in [-0.25, -0.2) is 0 Å². The Morgan fingerprint density at radius 3 is 1.97 bits per heavy atom. The van der Waals surface area contributed by atoms with Crippen LogP contribution < -0.4 is 10.7 Å². The van der Waals surface area contributed by atoms with E-state index in [2.05, 4.69) is 5.32 Å². The summed E-state index contributed by atoms with van der Waals surface area (Å²) in [7, 11) is 1.54. The highest BCUT2D eigenvalue weighted by atomic mass is 35.5. The molecule has 2 amide bonds. The quantitative estimate of drug-likeness (QED) is 0.437. The van der Waals surface area contributed by atoms with Crippen LogP contribution in [0.5, 0.6) is 0 Å². The van der Waals surface area contributed by atoms with E-state index >= 15 is 0 Å². The number of carbonyl (C=O) groups is 2. The highest BCUT2D eigenvalue weighted by molar-refractivity contribution is 6.39. The van der Waals surface area contributed by atoms with Crippen LogP contribution in [0.1, 0.15) is 0 Å². The van der Waals surface area contributed by atoms with Crippen molar-refractivity contribution in [2.75, 3.05) is 18.9 Å². The number of nitrogens with one attached hydrogen (secondary N) is 1. The van der Waals surface area contributed by atoms with E-state index in [1.807, 2.05) is 24.3 Å². The molecule has 0 aliphatic heterocycles. The van der Waals surface area contributed by atoms with E-state index in [0.29, 0.717) is 37.5 Å². The van der Waals surface area contributed by atoms with Gasteiger partial charge >= 0.3 is 0 Å². The molecule has 1 heterocycles. The Balaban J connectivity index is 1.59. The van der Waals surface area contributed by atoms with Crippen molar-refractivity contribution in [3.63, 3.8) is 0 Å². The number of likely N-dealkylation sites (N-methyl/N-ethyl adjacent to an activating group) is 1. The molecule has 0 atom stereocenters. The molecule has 0 unspecified atom stereocenters. The second kappa shape index (κ2) is 9.02. The molecule has 6 nitrogen and oxygen atoms in total. The van der Waals surface area contributed by atoms with E-state index in [9.17, 15) is 14.4 Å². The Morgan fingerprint density at radius 1 is 0.875 bits per heavy atom. The predicted octanol–water partition coefficient (Wildman–Crippen LogP) is 4.56. The van der Waals surface area contributed by atoms with Gasteiger partial charge in [0.05, 0.1) is 33.3 Å². The third-order valence-corrected chi connectivity index (χ3v) is 5.84. The fraction of sp³-hybridized carbons (Fsp3) is 0.125. The van der Waals surface area contributed by atoms with Crippen LogP contribution >= 0.6 is 23.2 Å². The molecular weight excluding hydrogens is 449 g/mol. The summed E-state index contributed by atoms with van der Waals surface area (Å²) >= 11 is 12.2. The van der Waals surface area contributed by atoms with Crippen molar-refractivity contribution in [1.29, 1.82) is 0 Å². The van der Waals surface area contributed by atoms with Gasteiger partial charge in [-0.1, -0.05) is 53.5 Å². The zero-order chi connectivity index (χ0) is 22.8. The third-order valence-electron chi connectivity index (χ3n) is 5.21. The average molecular weight is 468 g/mol. The first-order chi connectivity index (χ1) is 15.4. The topological polar surface area (TPSA) is 71.4 Å². The van der Waals surface area contributed by atoms with Crippen molar-refractivity contribution in [1.82, 2.24) is 9.47 Å². The molecule has 1 N–H and O–H groups in total. The van der Waals surface area contributed by atoms with E-state index in [0.717, 1.165) is 0 Å². The van der Waals surface area contributed by atoms with Crippen LogP contribution in [-0.4, -0.2) is 34.9 Å². The largest absolute Gasteiger partial charge is 0.335 e. The first kappa shape index (κ1) is 21.9. The minimum absolute atomic E-state index is 0.0298. The van der Waals surface area contributed by atoms with Crippen LogP contribution in [0.2, 0.25) is 10.0 Å². The second-order valence-corrected chi connectivity index (χ2v) is 8.16. The zero-order valence-corrected chi connectivity index (χ0v) is 18.7. The van der Waals surface area contributed by atoms with Crippen LogP contribution in [-0.2, 0) is 16.1 Å². The summed E-state index contributed by atoms with van der Waals surface area (Å²) in [6.07, 6.45) is 0. The Morgan fingerprint density at radius 2 is 1.41 bits per heavy atom.